The molecule has 1 aromatic carbocycles. The lowest BCUT2D eigenvalue weighted by atomic mass is 10.1. The summed E-state index contributed by atoms with van der Waals surface area (Å²) in [4.78, 5) is 15.7. The van der Waals surface area contributed by atoms with Gasteiger partial charge in [-0.25, -0.2) is 0 Å². The van der Waals surface area contributed by atoms with E-state index in [4.69, 9.17) is 0 Å². The molecule has 2 aromatic rings. The van der Waals surface area contributed by atoms with Crippen LogP contribution in [0.15, 0.2) is 53.3 Å². The number of nitrogens with one attached hydrogen (secondary N) is 1. The van der Waals surface area contributed by atoms with Crippen LogP contribution in [-0.4, -0.2) is 22.5 Å². The average molecular weight is 335 g/mol. The van der Waals surface area contributed by atoms with Gasteiger partial charge in [-0.05, 0) is 23.8 Å². The minimum atomic E-state index is -0.738. The number of pyridine rings is 1. The number of carbonyl (C=O) groups is 1. The molecule has 0 fully saturated rings. The lowest BCUT2D eigenvalue weighted by Gasteiger charge is -2.11. The maximum atomic E-state index is 11.8. The van der Waals surface area contributed by atoms with Gasteiger partial charge in [0.15, 0.2) is 0 Å². The molecule has 104 valence electrons. The molecule has 2 N–H and O–H groups in total. The van der Waals surface area contributed by atoms with Crippen LogP contribution in [0.25, 0.3) is 0 Å². The van der Waals surface area contributed by atoms with Gasteiger partial charge in [-0.3, -0.25) is 9.78 Å². The maximum absolute atomic E-state index is 11.8. The summed E-state index contributed by atoms with van der Waals surface area (Å²) in [6.07, 6.45) is 2.79. The summed E-state index contributed by atoms with van der Waals surface area (Å²) < 4.78 is 0.980. The van der Waals surface area contributed by atoms with Crippen LogP contribution in [0.5, 0.6) is 0 Å². The first-order chi connectivity index (χ1) is 9.65. The third-order valence-corrected chi connectivity index (χ3v) is 3.37. The minimum Gasteiger partial charge on any atom is -0.387 e. The minimum absolute atomic E-state index is 0.115. The molecule has 0 radical (unpaired) electrons. The Balaban J connectivity index is 1.82. The van der Waals surface area contributed by atoms with Crippen LogP contribution < -0.4 is 5.32 Å². The Hall–Kier alpha value is -1.72. The van der Waals surface area contributed by atoms with E-state index in [2.05, 4.69) is 26.2 Å². The molecule has 20 heavy (non-hydrogen) atoms. The average Bonchev–Trinajstić information content (AvgIpc) is 2.48. The molecular weight excluding hydrogens is 320 g/mol. The number of aliphatic hydroxyl groups excluding tert-OH is 1. The number of benzene rings is 1. The van der Waals surface area contributed by atoms with Gasteiger partial charge in [-0.15, -0.1) is 0 Å². The van der Waals surface area contributed by atoms with Crippen LogP contribution in [-0.2, 0) is 11.2 Å². The second-order valence-corrected chi connectivity index (χ2v) is 5.33. The number of rotatable bonds is 5. The fraction of sp³-hybridized carbons (Fsp3) is 0.200. The van der Waals surface area contributed by atoms with Crippen LogP contribution >= 0.6 is 15.9 Å². The third-order valence-electron chi connectivity index (χ3n) is 2.84. The van der Waals surface area contributed by atoms with E-state index >= 15 is 0 Å². The molecule has 0 aliphatic rings. The topological polar surface area (TPSA) is 62.2 Å². The fourth-order valence-electron chi connectivity index (χ4n) is 1.75. The van der Waals surface area contributed by atoms with Gasteiger partial charge in [0.2, 0.25) is 5.91 Å². The molecule has 4 nitrogen and oxygen atoms in total. The summed E-state index contributed by atoms with van der Waals surface area (Å²) in [5.74, 6) is -0.115. The number of hydrogen-bond donors (Lipinski definition) is 2. The van der Waals surface area contributed by atoms with Gasteiger partial charge in [-0.2, -0.15) is 0 Å². The summed E-state index contributed by atoms with van der Waals surface area (Å²) in [5, 5.41) is 12.6. The predicted molar refractivity (Wildman–Crippen MR) is 80.1 cm³/mol. The van der Waals surface area contributed by atoms with E-state index < -0.39 is 6.10 Å². The lowest BCUT2D eigenvalue weighted by Crippen LogP contribution is -2.29. The normalized spacial score (nSPS) is 11.9. The molecule has 2 rings (SSSR count). The molecule has 0 saturated heterocycles. The second-order valence-electron chi connectivity index (χ2n) is 4.41. The second kappa shape index (κ2) is 7.17. The fourth-order valence-corrected chi connectivity index (χ4v) is 2.02. The molecule has 0 bridgehead atoms. The number of carbonyl (C=O) groups excluding carboxylic acids is 1. The summed E-state index contributed by atoms with van der Waals surface area (Å²) in [7, 11) is 0. The Morgan fingerprint density at radius 2 is 2.05 bits per heavy atom. The van der Waals surface area contributed by atoms with Crippen LogP contribution in [0, 0.1) is 0 Å². The van der Waals surface area contributed by atoms with Crippen LogP contribution in [0.3, 0.4) is 0 Å². The van der Waals surface area contributed by atoms with Crippen molar-refractivity contribution in [2.45, 2.75) is 12.5 Å². The van der Waals surface area contributed by atoms with Crippen LogP contribution in [0.2, 0.25) is 0 Å². The van der Waals surface area contributed by atoms with E-state index in [0.29, 0.717) is 12.0 Å². The Morgan fingerprint density at radius 1 is 1.30 bits per heavy atom. The summed E-state index contributed by atoms with van der Waals surface area (Å²) >= 11 is 3.35. The SMILES string of the molecule is O=C(Cc1ccc(Br)cc1)NC[C@@H](O)c1cccnc1. The van der Waals surface area contributed by atoms with Crippen molar-refractivity contribution >= 4 is 21.8 Å². The van der Waals surface area contributed by atoms with Crippen LogP contribution in [0.4, 0.5) is 0 Å². The predicted octanol–water partition coefficient (Wildman–Crippen LogP) is 2.24. The molecule has 1 aromatic heterocycles. The van der Waals surface area contributed by atoms with Crippen LogP contribution in [0.1, 0.15) is 17.2 Å². The number of amides is 1. The zero-order chi connectivity index (χ0) is 14.4. The number of aromatic nitrogens is 1. The summed E-state index contributed by atoms with van der Waals surface area (Å²) in [6, 6.07) is 11.1. The van der Waals surface area contributed by atoms with E-state index in [1.807, 2.05) is 24.3 Å². The van der Waals surface area contributed by atoms with Gasteiger partial charge in [-0.1, -0.05) is 34.1 Å². The highest BCUT2D eigenvalue weighted by molar-refractivity contribution is 9.10. The zero-order valence-corrected chi connectivity index (χ0v) is 12.4. The van der Waals surface area contributed by atoms with Gasteiger partial charge in [0.1, 0.15) is 0 Å². The molecule has 0 saturated carbocycles. The number of aliphatic hydroxyl groups is 1. The standard InChI is InChI=1S/C15H15BrN2O2/c16-13-5-3-11(4-6-13)8-15(20)18-10-14(19)12-2-1-7-17-9-12/h1-7,9,14,19H,8,10H2,(H,18,20)/t14-/m1/s1. The van der Waals surface area contributed by atoms with E-state index in [-0.39, 0.29) is 12.5 Å². The van der Waals surface area contributed by atoms with Crippen molar-refractivity contribution in [1.29, 1.82) is 0 Å². The van der Waals surface area contributed by atoms with Crippen molar-refractivity contribution < 1.29 is 9.90 Å². The van der Waals surface area contributed by atoms with Crippen molar-refractivity contribution in [3.63, 3.8) is 0 Å². The van der Waals surface area contributed by atoms with E-state index in [9.17, 15) is 9.90 Å². The highest BCUT2D eigenvalue weighted by Gasteiger charge is 2.09. The number of halogens is 1. The van der Waals surface area contributed by atoms with Gasteiger partial charge in [0.05, 0.1) is 12.5 Å². The highest BCUT2D eigenvalue weighted by Crippen LogP contribution is 2.11. The summed E-state index contributed by atoms with van der Waals surface area (Å²) in [5.41, 5.74) is 1.62. The van der Waals surface area contributed by atoms with Gasteiger partial charge in [0.25, 0.3) is 0 Å². The molecular formula is C15H15BrN2O2. The Morgan fingerprint density at radius 3 is 2.70 bits per heavy atom. The molecule has 0 spiro atoms. The van der Waals surface area contributed by atoms with Crippen molar-refractivity contribution in [3.8, 4) is 0 Å². The maximum Gasteiger partial charge on any atom is 0.224 e. The van der Waals surface area contributed by atoms with E-state index in [1.54, 1.807) is 24.5 Å². The molecule has 1 amide bonds. The Kier molecular flexibility index (Phi) is 5.26. The van der Waals surface area contributed by atoms with E-state index in [0.717, 1.165) is 10.0 Å². The van der Waals surface area contributed by atoms with E-state index in [1.165, 1.54) is 0 Å². The van der Waals surface area contributed by atoms with Crippen molar-refractivity contribution in [2.24, 2.45) is 0 Å². The molecule has 0 aliphatic carbocycles. The quantitative estimate of drug-likeness (QED) is 0.881. The van der Waals surface area contributed by atoms with Gasteiger partial charge < -0.3 is 10.4 Å². The molecule has 1 heterocycles. The first-order valence-corrected chi connectivity index (χ1v) is 7.03. The summed E-state index contributed by atoms with van der Waals surface area (Å²) in [6.45, 7) is 0.182. The highest BCUT2D eigenvalue weighted by atomic mass is 79.9. The number of nitrogens with zero attached hydrogens (tertiary/aromatic N) is 1. The first-order valence-electron chi connectivity index (χ1n) is 6.24. The van der Waals surface area contributed by atoms with Gasteiger partial charge in [0, 0.05) is 29.0 Å². The monoisotopic (exact) mass is 334 g/mol. The first kappa shape index (κ1) is 14.7. The third kappa shape index (κ3) is 4.43. The molecule has 0 aliphatic heterocycles. The molecule has 0 unspecified atom stereocenters. The molecule has 1 atom stereocenters. The van der Waals surface area contributed by atoms with Gasteiger partial charge >= 0.3 is 0 Å². The van der Waals surface area contributed by atoms with Crippen molar-refractivity contribution in [2.75, 3.05) is 6.54 Å². The van der Waals surface area contributed by atoms with Crippen molar-refractivity contribution in [1.82, 2.24) is 10.3 Å². The smallest absolute Gasteiger partial charge is 0.224 e. The Labute approximate surface area is 126 Å². The largest absolute Gasteiger partial charge is 0.387 e. The Bertz CT molecular complexity index is 558. The number of hydrogen-bond acceptors (Lipinski definition) is 3. The lowest BCUT2D eigenvalue weighted by molar-refractivity contribution is -0.120. The van der Waals surface area contributed by atoms with Crippen molar-refractivity contribution in [3.05, 3.63) is 64.4 Å². The zero-order valence-electron chi connectivity index (χ0n) is 10.8. The molecule has 5 heteroatoms.